The second-order valence-corrected chi connectivity index (χ2v) is 4.61. The van der Waals surface area contributed by atoms with Crippen LogP contribution in [-0.4, -0.2) is 9.55 Å². The molecule has 0 spiro atoms. The van der Waals surface area contributed by atoms with Crippen LogP contribution in [0.5, 0.6) is 0 Å². The third kappa shape index (κ3) is 1.45. The Morgan fingerprint density at radius 1 is 1.31 bits per heavy atom. The highest BCUT2D eigenvalue weighted by molar-refractivity contribution is 7.80. The molecule has 2 nitrogen and oxygen atoms in total. The number of benzene rings is 1. The minimum atomic E-state index is -0.220. The smallest absolute Gasteiger partial charge is 0.123 e. The summed E-state index contributed by atoms with van der Waals surface area (Å²) < 4.78 is 15.0. The first-order valence-electron chi connectivity index (χ1n) is 5.25. The zero-order valence-electron chi connectivity index (χ0n) is 8.60. The molecule has 1 aromatic carbocycles. The Morgan fingerprint density at radius 3 is 2.81 bits per heavy atom. The van der Waals surface area contributed by atoms with Gasteiger partial charge in [-0.1, -0.05) is 0 Å². The molecule has 1 aromatic heterocycles. The van der Waals surface area contributed by atoms with Crippen LogP contribution in [0.2, 0.25) is 0 Å². The number of fused-ring (bicyclic) bond motifs is 1. The van der Waals surface area contributed by atoms with E-state index < -0.39 is 0 Å². The van der Waals surface area contributed by atoms with E-state index in [0.29, 0.717) is 0 Å². The van der Waals surface area contributed by atoms with Gasteiger partial charge in [-0.15, -0.1) is 0 Å². The standard InChI is InChI=1S/C12H11FN2S/c13-9-3-1-8(2-4-9)11-12-10(16)5-6-15(12)7-14-11/h1-4,7,10,16H,5-6H2. The minimum absolute atomic E-state index is 0.220. The fourth-order valence-corrected chi connectivity index (χ4v) is 2.53. The van der Waals surface area contributed by atoms with Crippen LogP contribution in [0.1, 0.15) is 17.4 Å². The molecule has 1 aliphatic rings. The summed E-state index contributed by atoms with van der Waals surface area (Å²) in [4.78, 5) is 4.38. The Bertz CT molecular complexity index is 518. The van der Waals surface area contributed by atoms with Gasteiger partial charge >= 0.3 is 0 Å². The van der Waals surface area contributed by atoms with Gasteiger partial charge in [-0.25, -0.2) is 9.37 Å². The number of aryl methyl sites for hydroxylation is 1. The number of aromatic nitrogens is 2. The van der Waals surface area contributed by atoms with E-state index in [1.165, 1.54) is 12.1 Å². The first-order chi connectivity index (χ1) is 7.75. The number of halogens is 1. The Balaban J connectivity index is 2.11. The largest absolute Gasteiger partial charge is 0.333 e. The lowest BCUT2D eigenvalue weighted by atomic mass is 10.1. The van der Waals surface area contributed by atoms with E-state index in [-0.39, 0.29) is 11.1 Å². The molecule has 1 unspecified atom stereocenters. The average molecular weight is 234 g/mol. The molecular weight excluding hydrogens is 223 g/mol. The molecular formula is C12H11FN2S. The lowest BCUT2D eigenvalue weighted by molar-refractivity contribution is 0.628. The van der Waals surface area contributed by atoms with Crippen LogP contribution in [0.3, 0.4) is 0 Å². The molecule has 2 aromatic rings. The van der Waals surface area contributed by atoms with E-state index in [0.717, 1.165) is 29.9 Å². The maximum absolute atomic E-state index is 12.8. The number of nitrogens with zero attached hydrogens (tertiary/aromatic N) is 2. The van der Waals surface area contributed by atoms with Gasteiger partial charge in [0.25, 0.3) is 0 Å². The summed E-state index contributed by atoms with van der Waals surface area (Å²) >= 11 is 4.54. The molecule has 4 heteroatoms. The summed E-state index contributed by atoms with van der Waals surface area (Å²) in [6, 6.07) is 6.45. The van der Waals surface area contributed by atoms with Crippen LogP contribution < -0.4 is 0 Å². The highest BCUT2D eigenvalue weighted by Crippen LogP contribution is 2.37. The summed E-state index contributed by atoms with van der Waals surface area (Å²) in [5.41, 5.74) is 3.03. The number of rotatable bonds is 1. The zero-order chi connectivity index (χ0) is 11.1. The van der Waals surface area contributed by atoms with Crippen molar-refractivity contribution in [3.63, 3.8) is 0 Å². The maximum Gasteiger partial charge on any atom is 0.123 e. The lowest BCUT2D eigenvalue weighted by Crippen LogP contribution is -1.90. The van der Waals surface area contributed by atoms with Crippen molar-refractivity contribution in [2.24, 2.45) is 0 Å². The predicted octanol–water partition coefficient (Wildman–Crippen LogP) is 3.06. The summed E-state index contributed by atoms with van der Waals surface area (Å²) in [5, 5.41) is 0.238. The molecule has 0 saturated carbocycles. The quantitative estimate of drug-likeness (QED) is 0.751. The van der Waals surface area contributed by atoms with Crippen molar-refractivity contribution < 1.29 is 4.39 Å². The highest BCUT2D eigenvalue weighted by atomic mass is 32.1. The van der Waals surface area contributed by atoms with Crippen molar-refractivity contribution in [2.75, 3.05) is 0 Å². The van der Waals surface area contributed by atoms with E-state index in [9.17, 15) is 4.39 Å². The summed E-state index contributed by atoms with van der Waals surface area (Å²) in [6.07, 6.45) is 2.87. The Morgan fingerprint density at radius 2 is 2.06 bits per heavy atom. The van der Waals surface area contributed by atoms with Crippen LogP contribution in [0, 0.1) is 5.82 Å². The molecule has 0 N–H and O–H groups in total. The van der Waals surface area contributed by atoms with Crippen molar-refractivity contribution in [1.29, 1.82) is 0 Å². The van der Waals surface area contributed by atoms with Gasteiger partial charge in [0.15, 0.2) is 0 Å². The van der Waals surface area contributed by atoms with Crippen molar-refractivity contribution in [2.45, 2.75) is 18.2 Å². The molecule has 0 aliphatic carbocycles. The van der Waals surface area contributed by atoms with Gasteiger partial charge in [-0.3, -0.25) is 0 Å². The van der Waals surface area contributed by atoms with Gasteiger partial charge in [0.2, 0.25) is 0 Å². The molecule has 0 amide bonds. The second-order valence-electron chi connectivity index (χ2n) is 3.98. The fourth-order valence-electron chi connectivity index (χ4n) is 2.15. The monoisotopic (exact) mass is 234 g/mol. The number of imidazole rings is 1. The third-order valence-electron chi connectivity index (χ3n) is 2.96. The summed E-state index contributed by atoms with van der Waals surface area (Å²) in [5.74, 6) is -0.220. The average Bonchev–Trinajstić information content (AvgIpc) is 2.84. The topological polar surface area (TPSA) is 17.8 Å². The van der Waals surface area contributed by atoms with Gasteiger partial charge in [0.05, 0.1) is 17.7 Å². The molecule has 0 radical (unpaired) electrons. The molecule has 16 heavy (non-hydrogen) atoms. The molecule has 1 atom stereocenters. The molecule has 2 heterocycles. The van der Waals surface area contributed by atoms with Gasteiger partial charge in [0.1, 0.15) is 5.82 Å². The fraction of sp³-hybridized carbons (Fsp3) is 0.250. The first-order valence-corrected chi connectivity index (χ1v) is 5.76. The number of hydrogen-bond acceptors (Lipinski definition) is 2. The van der Waals surface area contributed by atoms with E-state index >= 15 is 0 Å². The number of hydrogen-bond donors (Lipinski definition) is 1. The van der Waals surface area contributed by atoms with Gasteiger partial charge in [-0.05, 0) is 30.7 Å². The first kappa shape index (κ1) is 9.90. The van der Waals surface area contributed by atoms with Crippen LogP contribution in [0.25, 0.3) is 11.3 Å². The number of thiol groups is 1. The minimum Gasteiger partial charge on any atom is -0.333 e. The Kier molecular flexibility index (Phi) is 2.24. The van der Waals surface area contributed by atoms with E-state index in [2.05, 4.69) is 22.2 Å². The maximum atomic E-state index is 12.8. The zero-order valence-corrected chi connectivity index (χ0v) is 9.49. The predicted molar refractivity (Wildman–Crippen MR) is 64.0 cm³/mol. The molecule has 1 aliphatic heterocycles. The van der Waals surface area contributed by atoms with Crippen LogP contribution in [0.4, 0.5) is 4.39 Å². The Labute approximate surface area is 98.5 Å². The third-order valence-corrected chi connectivity index (χ3v) is 3.46. The lowest BCUT2D eigenvalue weighted by Gasteiger charge is -2.04. The van der Waals surface area contributed by atoms with Crippen LogP contribution in [0.15, 0.2) is 30.6 Å². The van der Waals surface area contributed by atoms with E-state index in [1.54, 1.807) is 12.1 Å². The molecule has 0 bridgehead atoms. The molecule has 0 fully saturated rings. The van der Waals surface area contributed by atoms with Crippen molar-refractivity contribution in [1.82, 2.24) is 9.55 Å². The van der Waals surface area contributed by atoms with E-state index in [1.807, 2.05) is 6.33 Å². The highest BCUT2D eigenvalue weighted by Gasteiger charge is 2.24. The molecule has 0 saturated heterocycles. The normalized spacial score (nSPS) is 18.8. The van der Waals surface area contributed by atoms with Crippen molar-refractivity contribution >= 4 is 12.6 Å². The molecule has 82 valence electrons. The van der Waals surface area contributed by atoms with Crippen LogP contribution >= 0.6 is 12.6 Å². The van der Waals surface area contributed by atoms with Crippen molar-refractivity contribution in [3.05, 3.63) is 42.1 Å². The van der Waals surface area contributed by atoms with Crippen molar-refractivity contribution in [3.8, 4) is 11.3 Å². The SMILES string of the molecule is Fc1ccc(-c2ncn3c2C(S)CC3)cc1. The van der Waals surface area contributed by atoms with E-state index in [4.69, 9.17) is 0 Å². The van der Waals surface area contributed by atoms with Gasteiger partial charge < -0.3 is 4.57 Å². The summed E-state index contributed by atoms with van der Waals surface area (Å²) in [6.45, 7) is 0.970. The summed E-state index contributed by atoms with van der Waals surface area (Å²) in [7, 11) is 0. The second kappa shape index (κ2) is 3.63. The van der Waals surface area contributed by atoms with Gasteiger partial charge in [-0.2, -0.15) is 12.6 Å². The van der Waals surface area contributed by atoms with Crippen LogP contribution in [-0.2, 0) is 6.54 Å². The van der Waals surface area contributed by atoms with Gasteiger partial charge in [0, 0.05) is 17.4 Å². The molecule has 3 rings (SSSR count). The Hall–Kier alpha value is -1.29.